The second-order valence-corrected chi connectivity index (χ2v) is 6.64. The molecule has 6 heteroatoms. The van der Waals surface area contributed by atoms with Gasteiger partial charge in [0.05, 0.1) is 18.8 Å². The average Bonchev–Trinajstić information content (AvgIpc) is 2.66. The van der Waals surface area contributed by atoms with E-state index < -0.39 is 6.10 Å². The number of aliphatic hydroxyl groups is 1. The van der Waals surface area contributed by atoms with Gasteiger partial charge < -0.3 is 20.5 Å². The maximum atomic E-state index is 10.5. The first-order valence-corrected chi connectivity index (χ1v) is 9.59. The van der Waals surface area contributed by atoms with Gasteiger partial charge in [-0.2, -0.15) is 0 Å². The smallest absolute Gasteiger partial charge is 0.191 e. The van der Waals surface area contributed by atoms with Crippen LogP contribution >= 0.6 is 24.0 Å². The highest BCUT2D eigenvalue weighted by atomic mass is 127. The van der Waals surface area contributed by atoms with Gasteiger partial charge in [-0.15, -0.1) is 24.0 Å². The van der Waals surface area contributed by atoms with E-state index in [4.69, 9.17) is 4.74 Å². The third kappa shape index (κ3) is 8.93. The van der Waals surface area contributed by atoms with E-state index in [0.29, 0.717) is 5.96 Å². The van der Waals surface area contributed by atoms with E-state index in [0.717, 1.165) is 30.8 Å². The zero-order chi connectivity index (χ0) is 19.5. The molecule has 0 saturated heterocycles. The number of rotatable bonds is 9. The fourth-order valence-corrected chi connectivity index (χ4v) is 2.66. The lowest BCUT2D eigenvalue weighted by Crippen LogP contribution is -2.38. The second-order valence-electron chi connectivity index (χ2n) is 6.64. The summed E-state index contributed by atoms with van der Waals surface area (Å²) >= 11 is 0. The first-order valence-electron chi connectivity index (χ1n) is 9.59. The summed E-state index contributed by atoms with van der Waals surface area (Å²) in [6.45, 7) is 7.83. The van der Waals surface area contributed by atoms with E-state index in [1.807, 2.05) is 63.2 Å². The Labute approximate surface area is 185 Å². The third-order valence-electron chi connectivity index (χ3n) is 3.93. The zero-order valence-electron chi connectivity index (χ0n) is 16.9. The van der Waals surface area contributed by atoms with Crippen LogP contribution in [0, 0.1) is 0 Å². The van der Waals surface area contributed by atoms with Crippen molar-refractivity contribution in [3.8, 4) is 5.75 Å². The first-order chi connectivity index (χ1) is 13.1. The topological polar surface area (TPSA) is 65.9 Å². The molecule has 0 amide bonds. The summed E-state index contributed by atoms with van der Waals surface area (Å²) in [5.41, 5.74) is 2.08. The van der Waals surface area contributed by atoms with Gasteiger partial charge in [0.1, 0.15) is 5.75 Å². The molecule has 0 saturated carbocycles. The minimum atomic E-state index is -0.676. The molecule has 2 rings (SSSR count). The SMILES string of the molecule is CCNC(=NCC(O)c1cccc(OC(C)C)c1)NCCc1ccccc1.I. The molecule has 28 heavy (non-hydrogen) atoms. The van der Waals surface area contributed by atoms with Crippen LogP contribution in [0.15, 0.2) is 59.6 Å². The van der Waals surface area contributed by atoms with Crippen LogP contribution in [0.25, 0.3) is 0 Å². The van der Waals surface area contributed by atoms with E-state index in [2.05, 4.69) is 27.8 Å². The number of benzene rings is 2. The molecule has 0 radical (unpaired) electrons. The van der Waals surface area contributed by atoms with Crippen molar-refractivity contribution >= 4 is 29.9 Å². The molecule has 0 fully saturated rings. The molecule has 154 valence electrons. The van der Waals surface area contributed by atoms with Crippen LogP contribution < -0.4 is 15.4 Å². The van der Waals surface area contributed by atoms with Crippen molar-refractivity contribution in [1.29, 1.82) is 0 Å². The molecule has 0 aliphatic rings. The predicted molar refractivity (Wildman–Crippen MR) is 127 cm³/mol. The van der Waals surface area contributed by atoms with Gasteiger partial charge >= 0.3 is 0 Å². The van der Waals surface area contributed by atoms with Crippen LogP contribution in [0.5, 0.6) is 5.75 Å². The molecule has 5 nitrogen and oxygen atoms in total. The van der Waals surface area contributed by atoms with Crippen LogP contribution in [0.1, 0.15) is 38.0 Å². The van der Waals surface area contributed by atoms with Gasteiger partial charge in [0.15, 0.2) is 5.96 Å². The minimum absolute atomic E-state index is 0. The Bertz CT molecular complexity index is 708. The predicted octanol–water partition coefficient (Wildman–Crippen LogP) is 3.92. The Morgan fingerprint density at radius 3 is 2.50 bits per heavy atom. The van der Waals surface area contributed by atoms with Crippen LogP contribution in [0.4, 0.5) is 0 Å². The molecular weight excluding hydrogens is 465 g/mol. The number of nitrogens with zero attached hydrogens (tertiary/aromatic N) is 1. The fourth-order valence-electron chi connectivity index (χ4n) is 2.66. The highest BCUT2D eigenvalue weighted by Gasteiger charge is 2.09. The van der Waals surface area contributed by atoms with E-state index in [9.17, 15) is 5.11 Å². The van der Waals surface area contributed by atoms with Gasteiger partial charge in [0.2, 0.25) is 0 Å². The van der Waals surface area contributed by atoms with E-state index >= 15 is 0 Å². The van der Waals surface area contributed by atoms with Gasteiger partial charge in [0.25, 0.3) is 0 Å². The van der Waals surface area contributed by atoms with Crippen molar-refractivity contribution in [2.75, 3.05) is 19.6 Å². The number of hydrogen-bond donors (Lipinski definition) is 3. The lowest BCUT2D eigenvalue weighted by Gasteiger charge is -2.15. The highest BCUT2D eigenvalue weighted by molar-refractivity contribution is 14.0. The van der Waals surface area contributed by atoms with E-state index in [-0.39, 0.29) is 36.6 Å². The Morgan fingerprint density at radius 2 is 1.82 bits per heavy atom. The summed E-state index contributed by atoms with van der Waals surface area (Å²) < 4.78 is 5.69. The van der Waals surface area contributed by atoms with Crippen molar-refractivity contribution in [2.24, 2.45) is 4.99 Å². The monoisotopic (exact) mass is 497 g/mol. The molecule has 2 aromatic carbocycles. The number of nitrogens with one attached hydrogen (secondary N) is 2. The number of hydrogen-bond acceptors (Lipinski definition) is 3. The van der Waals surface area contributed by atoms with Crippen molar-refractivity contribution in [1.82, 2.24) is 10.6 Å². The first kappa shape index (κ1) is 24.2. The van der Waals surface area contributed by atoms with Crippen LogP contribution in [0.2, 0.25) is 0 Å². The van der Waals surface area contributed by atoms with Crippen LogP contribution in [-0.4, -0.2) is 36.8 Å². The average molecular weight is 497 g/mol. The maximum absolute atomic E-state index is 10.5. The summed E-state index contributed by atoms with van der Waals surface area (Å²) in [6, 6.07) is 17.9. The standard InChI is InChI=1S/C22H31N3O2.HI/c1-4-23-22(24-14-13-18-9-6-5-7-10-18)25-16-21(26)19-11-8-12-20(15-19)27-17(2)3;/h5-12,15,17,21,26H,4,13-14,16H2,1-3H3,(H2,23,24,25);1H. The molecule has 1 atom stereocenters. The van der Waals surface area contributed by atoms with Crippen molar-refractivity contribution in [3.63, 3.8) is 0 Å². The number of guanidine groups is 1. The van der Waals surface area contributed by atoms with Crippen molar-refractivity contribution < 1.29 is 9.84 Å². The van der Waals surface area contributed by atoms with E-state index in [1.165, 1.54) is 5.56 Å². The van der Waals surface area contributed by atoms with Gasteiger partial charge in [-0.1, -0.05) is 42.5 Å². The molecule has 0 heterocycles. The lowest BCUT2D eigenvalue weighted by molar-refractivity contribution is 0.185. The Morgan fingerprint density at radius 1 is 1.07 bits per heavy atom. The number of aliphatic imine (C=N–C) groups is 1. The fraction of sp³-hybridized carbons (Fsp3) is 0.409. The lowest BCUT2D eigenvalue weighted by atomic mass is 10.1. The number of ether oxygens (including phenoxy) is 1. The van der Waals surface area contributed by atoms with Crippen molar-refractivity contribution in [3.05, 3.63) is 65.7 Å². The largest absolute Gasteiger partial charge is 0.491 e. The zero-order valence-corrected chi connectivity index (χ0v) is 19.2. The van der Waals surface area contributed by atoms with Gasteiger partial charge in [-0.05, 0) is 50.5 Å². The summed E-state index contributed by atoms with van der Waals surface area (Å²) in [5, 5.41) is 17.0. The van der Waals surface area contributed by atoms with Crippen LogP contribution in [0.3, 0.4) is 0 Å². The van der Waals surface area contributed by atoms with Gasteiger partial charge in [-0.3, -0.25) is 4.99 Å². The molecule has 1 unspecified atom stereocenters. The number of aliphatic hydroxyl groups excluding tert-OH is 1. The normalized spacial score (nSPS) is 12.2. The quantitative estimate of drug-likeness (QED) is 0.279. The summed E-state index contributed by atoms with van der Waals surface area (Å²) in [4.78, 5) is 4.52. The van der Waals surface area contributed by atoms with Crippen LogP contribution in [-0.2, 0) is 6.42 Å². The van der Waals surface area contributed by atoms with Gasteiger partial charge in [-0.25, -0.2) is 0 Å². The van der Waals surface area contributed by atoms with Crippen molar-refractivity contribution in [2.45, 2.75) is 39.4 Å². The summed E-state index contributed by atoms with van der Waals surface area (Å²) in [6.07, 6.45) is 0.345. The summed E-state index contributed by atoms with van der Waals surface area (Å²) in [7, 11) is 0. The Balaban J connectivity index is 0.00000392. The third-order valence-corrected chi connectivity index (χ3v) is 3.93. The molecule has 0 spiro atoms. The molecular formula is C22H32IN3O2. The minimum Gasteiger partial charge on any atom is -0.491 e. The molecule has 0 aromatic heterocycles. The van der Waals surface area contributed by atoms with Gasteiger partial charge in [0, 0.05) is 13.1 Å². The number of halogens is 1. The Hall–Kier alpha value is -1.80. The second kappa shape index (κ2) is 13.4. The van der Waals surface area contributed by atoms with E-state index in [1.54, 1.807) is 0 Å². The molecule has 0 bridgehead atoms. The summed E-state index contributed by atoms with van der Waals surface area (Å²) in [5.74, 6) is 1.47. The molecule has 0 aliphatic carbocycles. The molecule has 2 aromatic rings. The maximum Gasteiger partial charge on any atom is 0.191 e. The molecule has 3 N–H and O–H groups in total. The molecule has 0 aliphatic heterocycles. The highest BCUT2D eigenvalue weighted by Crippen LogP contribution is 2.20. The Kier molecular flexibility index (Phi) is 11.6.